The van der Waals surface area contributed by atoms with Crippen molar-refractivity contribution in [2.24, 2.45) is 22.9 Å². The van der Waals surface area contributed by atoms with Crippen molar-refractivity contribution in [3.05, 3.63) is 0 Å². The van der Waals surface area contributed by atoms with E-state index < -0.39 is 48.4 Å². The lowest BCUT2D eigenvalue weighted by Crippen LogP contribution is -2.35. The molecule has 0 aromatic carbocycles. The van der Waals surface area contributed by atoms with Crippen molar-refractivity contribution in [2.75, 3.05) is 185 Å². The summed E-state index contributed by atoms with van der Waals surface area (Å²) in [7, 11) is 0. The van der Waals surface area contributed by atoms with Crippen LogP contribution >= 0.6 is 0 Å². The number of aliphatic hydroxyl groups is 4. The molecule has 0 rings (SSSR count). The second-order valence-corrected chi connectivity index (χ2v) is 16.8. The minimum absolute atomic E-state index is 0.0506. The van der Waals surface area contributed by atoms with E-state index >= 15 is 0 Å². The maximum Gasteiger partial charge on any atom is 0.402 e. The van der Waals surface area contributed by atoms with E-state index in [-0.39, 0.29) is 37.9 Å². The molecular weight excluding hydrogens is 1140 g/mol. The second-order valence-electron chi connectivity index (χ2n) is 16.8. The monoisotopic (exact) mass is 1250 g/mol. The molecule has 0 spiro atoms. The molecule has 0 aliphatic rings. The highest BCUT2D eigenvalue weighted by molar-refractivity contribution is 5.80. The van der Waals surface area contributed by atoms with Gasteiger partial charge < -0.3 is 137 Å². The number of primary amides is 4. The van der Waals surface area contributed by atoms with E-state index in [4.69, 9.17) is 102 Å². The smallest absolute Gasteiger partial charge is 0.402 e. The summed E-state index contributed by atoms with van der Waals surface area (Å²) in [5.74, 6) is -0.984. The molecule has 0 aliphatic heterocycles. The number of nitrogens with two attached hydrogens (primary N) is 4. The topological polar surface area (TPSA) is 552 Å². The summed E-state index contributed by atoms with van der Waals surface area (Å²) in [5, 5.41) is 76.7. The van der Waals surface area contributed by atoms with Crippen LogP contribution in [0.15, 0.2) is 0 Å². The second kappa shape index (κ2) is 74.5. The van der Waals surface area contributed by atoms with Gasteiger partial charge in [0.15, 0.2) is 0 Å². The van der Waals surface area contributed by atoms with Gasteiger partial charge in [0.2, 0.25) is 23.6 Å². The van der Waals surface area contributed by atoms with Gasteiger partial charge in [0.25, 0.3) is 0 Å². The summed E-state index contributed by atoms with van der Waals surface area (Å²) in [4.78, 5) is 82.5. The van der Waals surface area contributed by atoms with Crippen molar-refractivity contribution in [3.8, 4) is 0 Å². The van der Waals surface area contributed by atoms with Crippen LogP contribution in [-0.2, 0) is 71.3 Å². The molecule has 0 unspecified atom stereocenters. The minimum Gasteiger partial charge on any atom is -0.465 e. The summed E-state index contributed by atoms with van der Waals surface area (Å²) in [6, 6.07) is 0. The largest absolute Gasteiger partial charge is 0.465 e. The Morgan fingerprint density at radius 2 is 0.482 bits per heavy atom. The van der Waals surface area contributed by atoms with E-state index in [1.54, 1.807) is 0 Å². The lowest BCUT2D eigenvalue weighted by molar-refractivity contribution is -0.130. The zero-order chi connectivity index (χ0) is 64.7. The molecule has 0 fully saturated rings. The first-order valence-electron chi connectivity index (χ1n) is 27.7. The van der Waals surface area contributed by atoms with E-state index in [1.165, 1.54) is 0 Å². The van der Waals surface area contributed by atoms with Crippen LogP contribution in [0.4, 0.5) is 19.2 Å². The van der Waals surface area contributed by atoms with Crippen LogP contribution in [0.2, 0.25) is 0 Å². The maximum absolute atomic E-state index is 12.0. The van der Waals surface area contributed by atoms with Gasteiger partial charge >= 0.3 is 24.4 Å². The molecule has 85 heavy (non-hydrogen) atoms. The van der Waals surface area contributed by atoms with Crippen molar-refractivity contribution in [3.63, 3.8) is 0 Å². The lowest BCUT2D eigenvalue weighted by atomic mass is 10.1. The van der Waals surface area contributed by atoms with Crippen LogP contribution in [0.5, 0.6) is 0 Å². The third-order valence-corrected chi connectivity index (χ3v) is 9.40. The predicted octanol–water partition coefficient (Wildman–Crippen LogP) is -2.49. The SMILES string of the molecule is NC(=O)O.NC(=O)O.NC(=O)O.NC(=O)O.O=C(CCOCCOCCOCCOCCOCCC(=O)NCCCOCCOCCOCCCNC(=O)[C@@H](O)CCCCO)NCCCOCCOCCOCCCNC(=O)[C@@H](O)CCCCO. The minimum atomic E-state index is -1.33. The average Bonchev–Trinajstić information content (AvgIpc) is 3.43. The Hall–Kier alpha value is -5.64. The normalized spacial score (nSPS) is 11.1. The molecule has 35 heteroatoms. The summed E-state index contributed by atoms with van der Waals surface area (Å²) < 4.78 is 60.2. The lowest BCUT2D eigenvalue weighted by Gasteiger charge is -2.11. The molecule has 35 nitrogen and oxygen atoms in total. The molecule has 20 N–H and O–H groups in total. The fourth-order valence-corrected chi connectivity index (χ4v) is 5.54. The molecule has 0 aromatic rings. The van der Waals surface area contributed by atoms with Crippen LogP contribution < -0.4 is 44.2 Å². The fourth-order valence-electron chi connectivity index (χ4n) is 5.54. The van der Waals surface area contributed by atoms with Crippen LogP contribution in [0.25, 0.3) is 0 Å². The van der Waals surface area contributed by atoms with E-state index in [9.17, 15) is 29.4 Å². The van der Waals surface area contributed by atoms with Gasteiger partial charge in [-0.3, -0.25) is 19.2 Å². The summed E-state index contributed by atoms with van der Waals surface area (Å²) in [6.07, 6.45) is -1.30. The van der Waals surface area contributed by atoms with Gasteiger partial charge in [0.1, 0.15) is 12.2 Å². The number of carbonyl (C=O) groups is 8. The summed E-state index contributed by atoms with van der Waals surface area (Å²) in [5.41, 5.74) is 16.1. The average molecular weight is 1250 g/mol. The van der Waals surface area contributed by atoms with E-state index in [2.05, 4.69) is 44.2 Å². The first-order chi connectivity index (χ1) is 40.7. The van der Waals surface area contributed by atoms with Gasteiger partial charge in [-0.1, -0.05) is 0 Å². The van der Waals surface area contributed by atoms with Gasteiger partial charge in [0, 0.05) is 78.7 Å². The number of carbonyl (C=O) groups excluding carboxylic acids is 4. The Balaban J connectivity index is -0.00000117. The zero-order valence-corrected chi connectivity index (χ0v) is 49.1. The summed E-state index contributed by atoms with van der Waals surface area (Å²) >= 11 is 0. The molecule has 0 aliphatic carbocycles. The highest BCUT2D eigenvalue weighted by atomic mass is 16.6. The van der Waals surface area contributed by atoms with Crippen LogP contribution in [-0.4, -0.2) is 286 Å². The number of hydrogen-bond acceptors (Lipinski definition) is 23. The molecule has 504 valence electrons. The number of ether oxygens (including phenoxy) is 11. The number of carboxylic acid groups (broad SMARTS) is 4. The first kappa shape index (κ1) is 88.1. The number of rotatable bonds is 56. The third kappa shape index (κ3) is 97.8. The van der Waals surface area contributed by atoms with E-state index in [1.807, 2.05) is 0 Å². The molecule has 0 saturated carbocycles. The molecule has 0 heterocycles. The third-order valence-electron chi connectivity index (χ3n) is 9.40. The van der Waals surface area contributed by atoms with Crippen LogP contribution in [0.1, 0.15) is 77.0 Å². The van der Waals surface area contributed by atoms with Crippen molar-refractivity contribution >= 4 is 48.0 Å². The zero-order valence-electron chi connectivity index (χ0n) is 49.1. The van der Waals surface area contributed by atoms with Gasteiger partial charge in [0.05, 0.1) is 119 Å². The Labute approximate surface area is 496 Å². The molecule has 0 saturated heterocycles. The summed E-state index contributed by atoms with van der Waals surface area (Å²) in [6.45, 7) is 11.2. The van der Waals surface area contributed by atoms with Crippen LogP contribution in [0.3, 0.4) is 0 Å². The maximum atomic E-state index is 12.0. The van der Waals surface area contributed by atoms with Gasteiger partial charge in [-0.2, -0.15) is 0 Å². The molecule has 0 radical (unpaired) electrons. The van der Waals surface area contributed by atoms with E-state index in [0.717, 1.165) is 0 Å². The quantitative estimate of drug-likeness (QED) is 0.0280. The standard InChI is InChI=1S/C46H90N4O19.4CH3NO2/c51-17-3-1-9-41(53)45(57)49-15-7-21-61-27-33-65-31-25-59-19-5-13-47-43(55)11-23-63-29-35-67-37-39-69-40-38-68-36-30-64-24-12-44(56)48-14-6-20-60-26-32-66-34-28-62-22-8-16-50-46(58)42(54)10-2-4-18-52;4*2-1(3)4/h41-42,51-54H,1-40H2,(H,47,55)(H,48,56)(H,49,57)(H,50,58);4*2H2,(H,3,4)/t41-,42-;;;;/m0..../s1. The fraction of sp³-hybridized carbons (Fsp3) is 0.840. The Bertz CT molecular complexity index is 1410. The Morgan fingerprint density at radius 3 is 0.694 bits per heavy atom. The number of nitrogens with one attached hydrogen (secondary N) is 4. The van der Waals surface area contributed by atoms with Crippen molar-refractivity contribution < 1.29 is 131 Å². The van der Waals surface area contributed by atoms with Crippen molar-refractivity contribution in [1.82, 2.24) is 21.3 Å². The predicted molar refractivity (Wildman–Crippen MR) is 301 cm³/mol. The van der Waals surface area contributed by atoms with Gasteiger partial charge in [-0.15, -0.1) is 0 Å². The number of hydrogen-bond donors (Lipinski definition) is 16. The molecular formula is C50H102N8O27. The first-order valence-corrected chi connectivity index (χ1v) is 27.7. The molecule has 0 aromatic heterocycles. The number of unbranched alkanes of at least 4 members (excludes halogenated alkanes) is 2. The van der Waals surface area contributed by atoms with Crippen molar-refractivity contribution in [1.29, 1.82) is 0 Å². The van der Waals surface area contributed by atoms with Gasteiger partial charge in [-0.05, 0) is 64.2 Å². The van der Waals surface area contributed by atoms with E-state index in [0.29, 0.717) is 236 Å². The number of amides is 8. The molecule has 8 amide bonds. The number of aliphatic hydroxyl groups excluding tert-OH is 4. The molecule has 2 atom stereocenters. The highest BCUT2D eigenvalue weighted by Crippen LogP contribution is 2.02. The van der Waals surface area contributed by atoms with Crippen LogP contribution in [0, 0.1) is 0 Å². The highest BCUT2D eigenvalue weighted by Gasteiger charge is 2.14. The van der Waals surface area contributed by atoms with Crippen molar-refractivity contribution in [2.45, 2.75) is 89.3 Å². The van der Waals surface area contributed by atoms with Gasteiger partial charge in [-0.25, -0.2) is 19.2 Å². The molecule has 0 bridgehead atoms. The Kier molecular flexibility index (Phi) is 77.2. The Morgan fingerprint density at radius 1 is 0.294 bits per heavy atom.